The van der Waals surface area contributed by atoms with Crippen molar-refractivity contribution in [3.8, 4) is 11.5 Å². The molecule has 0 aromatic heterocycles. The van der Waals surface area contributed by atoms with Gasteiger partial charge < -0.3 is 20.7 Å². The van der Waals surface area contributed by atoms with E-state index in [0.717, 1.165) is 0 Å². The Bertz CT molecular complexity index is 488. The van der Waals surface area contributed by atoms with Crippen molar-refractivity contribution in [3.63, 3.8) is 0 Å². The highest BCUT2D eigenvalue weighted by Gasteiger charge is 2.25. The van der Waals surface area contributed by atoms with Crippen LogP contribution in [0.25, 0.3) is 0 Å². The Kier molecular flexibility index (Phi) is 4.13. The number of nitrogens with two attached hydrogens (primary N) is 1. The molecule has 0 spiro atoms. The summed E-state index contributed by atoms with van der Waals surface area (Å²) in [4.78, 5) is 10.6. The first-order valence-electron chi connectivity index (χ1n) is 5.34. The highest BCUT2D eigenvalue weighted by molar-refractivity contribution is 5.69. The lowest BCUT2D eigenvalue weighted by Gasteiger charge is -2.19. The van der Waals surface area contributed by atoms with E-state index >= 15 is 0 Å². The number of aliphatic carboxylic acids is 1. The lowest BCUT2D eigenvalue weighted by molar-refractivity contribution is -0.137. The van der Waals surface area contributed by atoms with Gasteiger partial charge in [0.2, 0.25) is 0 Å². The zero-order chi connectivity index (χ0) is 14.0. The van der Waals surface area contributed by atoms with Crippen LogP contribution in [0, 0.1) is 19.7 Å². The lowest BCUT2D eigenvalue weighted by Crippen LogP contribution is -2.17. The molecule has 0 heterocycles. The van der Waals surface area contributed by atoms with Gasteiger partial charge >= 0.3 is 5.97 Å². The molecule has 1 rings (SSSR count). The number of rotatable bonds is 4. The van der Waals surface area contributed by atoms with E-state index in [4.69, 9.17) is 15.6 Å². The van der Waals surface area contributed by atoms with Crippen molar-refractivity contribution < 1.29 is 24.1 Å². The maximum absolute atomic E-state index is 13.9. The molecule has 4 N–H and O–H groups in total. The zero-order valence-electron chi connectivity index (χ0n) is 10.5. The number of phenolic OH excluding ortho intramolecular Hbond substituents is 1. The summed E-state index contributed by atoms with van der Waals surface area (Å²) in [6.45, 7) is 2.91. The van der Waals surface area contributed by atoms with Gasteiger partial charge in [-0.15, -0.1) is 0 Å². The Morgan fingerprint density at radius 1 is 1.44 bits per heavy atom. The number of hydrogen-bond acceptors (Lipinski definition) is 4. The molecule has 0 aliphatic heterocycles. The molecule has 100 valence electrons. The molecule has 1 unspecified atom stereocenters. The molecule has 0 amide bonds. The second kappa shape index (κ2) is 5.22. The van der Waals surface area contributed by atoms with E-state index in [1.165, 1.54) is 21.0 Å². The summed E-state index contributed by atoms with van der Waals surface area (Å²) in [7, 11) is 1.29. The minimum Gasteiger partial charge on any atom is -0.504 e. The van der Waals surface area contributed by atoms with Gasteiger partial charge in [0.1, 0.15) is 5.82 Å². The van der Waals surface area contributed by atoms with Crippen LogP contribution in [-0.2, 0) is 4.79 Å². The molecule has 6 heteroatoms. The number of phenols is 1. The van der Waals surface area contributed by atoms with Crippen LogP contribution >= 0.6 is 0 Å². The summed E-state index contributed by atoms with van der Waals surface area (Å²) in [6, 6.07) is -0.994. The van der Waals surface area contributed by atoms with Crippen molar-refractivity contribution in [3.05, 3.63) is 22.5 Å². The smallest absolute Gasteiger partial charge is 0.305 e. The van der Waals surface area contributed by atoms with Gasteiger partial charge in [-0.05, 0) is 19.4 Å². The fraction of sp³-hybridized carbons (Fsp3) is 0.417. The second-order valence-corrected chi connectivity index (χ2v) is 4.06. The maximum Gasteiger partial charge on any atom is 0.305 e. The lowest BCUT2D eigenvalue weighted by atomic mass is 9.95. The Hall–Kier alpha value is -1.82. The zero-order valence-corrected chi connectivity index (χ0v) is 10.5. The van der Waals surface area contributed by atoms with Crippen molar-refractivity contribution in [2.45, 2.75) is 26.3 Å². The van der Waals surface area contributed by atoms with E-state index in [2.05, 4.69) is 0 Å². The van der Waals surface area contributed by atoms with Crippen LogP contribution in [-0.4, -0.2) is 23.3 Å². The summed E-state index contributed by atoms with van der Waals surface area (Å²) >= 11 is 0. The van der Waals surface area contributed by atoms with Crippen LogP contribution in [0.15, 0.2) is 0 Å². The minimum absolute atomic E-state index is 0.0195. The Morgan fingerprint density at radius 3 is 2.44 bits per heavy atom. The predicted octanol–water partition coefficient (Wildman–Crippen LogP) is 1.63. The highest BCUT2D eigenvalue weighted by atomic mass is 19.1. The molecule has 18 heavy (non-hydrogen) atoms. The molecule has 0 aliphatic carbocycles. The summed E-state index contributed by atoms with van der Waals surface area (Å²) in [6.07, 6.45) is -0.403. The first-order chi connectivity index (χ1) is 8.31. The normalized spacial score (nSPS) is 12.3. The van der Waals surface area contributed by atoms with Crippen LogP contribution in [0.4, 0.5) is 4.39 Å². The number of hydrogen-bond donors (Lipinski definition) is 3. The van der Waals surface area contributed by atoms with Gasteiger partial charge in [-0.25, -0.2) is 4.39 Å². The Labute approximate surface area is 104 Å². The van der Waals surface area contributed by atoms with E-state index in [1.54, 1.807) is 0 Å². The number of carboxylic acids is 1. The number of carboxylic acid groups (broad SMARTS) is 1. The van der Waals surface area contributed by atoms with Gasteiger partial charge in [0.05, 0.1) is 13.5 Å². The van der Waals surface area contributed by atoms with Crippen LogP contribution in [0.2, 0.25) is 0 Å². The van der Waals surface area contributed by atoms with Crippen molar-refractivity contribution in [2.24, 2.45) is 5.73 Å². The van der Waals surface area contributed by atoms with Crippen molar-refractivity contribution >= 4 is 5.97 Å². The molecule has 1 aromatic rings. The van der Waals surface area contributed by atoms with Crippen molar-refractivity contribution in [1.82, 2.24) is 0 Å². The van der Waals surface area contributed by atoms with Crippen molar-refractivity contribution in [2.75, 3.05) is 7.11 Å². The Balaban J connectivity index is 3.44. The van der Waals surface area contributed by atoms with E-state index in [1.807, 2.05) is 0 Å². The Morgan fingerprint density at radius 2 is 2.00 bits per heavy atom. The maximum atomic E-state index is 13.9. The van der Waals surface area contributed by atoms with E-state index in [0.29, 0.717) is 0 Å². The SMILES string of the molecule is COc1c(C)c(F)c(C)c(C(N)CC(=O)O)c1O. The first-order valence-corrected chi connectivity index (χ1v) is 5.34. The van der Waals surface area contributed by atoms with Gasteiger partial charge in [0.25, 0.3) is 0 Å². The van der Waals surface area contributed by atoms with Crippen LogP contribution in [0.5, 0.6) is 11.5 Å². The average Bonchev–Trinajstić information content (AvgIpc) is 2.26. The van der Waals surface area contributed by atoms with E-state index < -0.39 is 24.2 Å². The van der Waals surface area contributed by atoms with Gasteiger partial charge in [-0.2, -0.15) is 0 Å². The van der Waals surface area contributed by atoms with Crippen molar-refractivity contribution in [1.29, 1.82) is 0 Å². The fourth-order valence-electron chi connectivity index (χ4n) is 1.97. The van der Waals surface area contributed by atoms with E-state index in [-0.39, 0.29) is 28.2 Å². The third kappa shape index (κ3) is 2.38. The van der Waals surface area contributed by atoms with E-state index in [9.17, 15) is 14.3 Å². The molecule has 0 saturated heterocycles. The number of halogens is 1. The molecule has 0 bridgehead atoms. The molecular formula is C12H16FNO4. The molecule has 1 atom stereocenters. The van der Waals surface area contributed by atoms with Gasteiger partial charge in [0, 0.05) is 17.2 Å². The molecule has 0 radical (unpaired) electrons. The number of aromatic hydroxyl groups is 1. The first kappa shape index (κ1) is 14.2. The number of ether oxygens (including phenoxy) is 1. The average molecular weight is 257 g/mol. The third-order valence-electron chi connectivity index (χ3n) is 2.84. The van der Waals surface area contributed by atoms with Crippen LogP contribution < -0.4 is 10.5 Å². The summed E-state index contributed by atoms with van der Waals surface area (Å²) in [5.74, 6) is -2.00. The monoisotopic (exact) mass is 257 g/mol. The third-order valence-corrected chi connectivity index (χ3v) is 2.84. The number of benzene rings is 1. The summed E-state index contributed by atoms with van der Waals surface area (Å²) in [5, 5.41) is 18.7. The molecule has 5 nitrogen and oxygen atoms in total. The van der Waals surface area contributed by atoms with Crippen LogP contribution in [0.3, 0.4) is 0 Å². The second-order valence-electron chi connectivity index (χ2n) is 4.06. The highest BCUT2D eigenvalue weighted by Crippen LogP contribution is 2.40. The summed E-state index contributed by atoms with van der Waals surface area (Å²) < 4.78 is 18.8. The van der Waals surface area contributed by atoms with Crippen LogP contribution in [0.1, 0.15) is 29.2 Å². The molecular weight excluding hydrogens is 241 g/mol. The minimum atomic E-state index is -1.12. The van der Waals surface area contributed by atoms with Gasteiger partial charge in [-0.1, -0.05) is 0 Å². The fourth-order valence-corrected chi connectivity index (χ4v) is 1.97. The molecule has 1 aromatic carbocycles. The standard InChI is InChI=1S/C12H16FNO4/c1-5-9(7(14)4-8(15)16)11(17)12(18-3)6(2)10(5)13/h7,17H,4,14H2,1-3H3,(H,15,16). The predicted molar refractivity (Wildman–Crippen MR) is 63.3 cm³/mol. The summed E-state index contributed by atoms with van der Waals surface area (Å²) in [5.41, 5.74) is 6.05. The molecule has 0 aliphatic rings. The molecule has 0 fully saturated rings. The largest absolute Gasteiger partial charge is 0.504 e. The topological polar surface area (TPSA) is 92.8 Å². The number of carbonyl (C=O) groups is 1. The van der Waals surface area contributed by atoms with Gasteiger partial charge in [0.15, 0.2) is 11.5 Å². The number of methoxy groups -OCH3 is 1. The quantitative estimate of drug-likeness (QED) is 0.762. The van der Waals surface area contributed by atoms with Gasteiger partial charge in [-0.3, -0.25) is 4.79 Å². The molecule has 0 saturated carbocycles.